The number of fused-ring (bicyclic) bond motifs is 1. The first-order valence-electron chi connectivity index (χ1n) is 6.63. The van der Waals surface area contributed by atoms with E-state index in [-0.39, 0.29) is 11.7 Å². The largest absolute Gasteiger partial charge is 0.369 e. The minimum Gasteiger partial charge on any atom is -0.369 e. The minimum atomic E-state index is -0.347. The number of pyridine rings is 1. The SMILES string of the molecule is C=C(C#N)C1CN(c2cc(=O)n3ccccc3n2)CCO1. The second kappa shape index (κ2) is 5.38. The average molecular weight is 282 g/mol. The van der Waals surface area contributed by atoms with Crippen LogP contribution in [-0.2, 0) is 4.74 Å². The molecule has 3 heterocycles. The van der Waals surface area contributed by atoms with E-state index >= 15 is 0 Å². The Bertz CT molecular complexity index is 790. The summed E-state index contributed by atoms with van der Waals surface area (Å²) in [7, 11) is 0. The van der Waals surface area contributed by atoms with Gasteiger partial charge in [0.1, 0.15) is 17.6 Å². The van der Waals surface area contributed by atoms with Gasteiger partial charge in [-0.25, -0.2) is 4.98 Å². The summed E-state index contributed by atoms with van der Waals surface area (Å²) in [6, 6.07) is 8.94. The Balaban J connectivity index is 1.95. The fourth-order valence-electron chi connectivity index (χ4n) is 2.34. The van der Waals surface area contributed by atoms with Crippen molar-refractivity contribution in [1.29, 1.82) is 5.26 Å². The lowest BCUT2D eigenvalue weighted by Gasteiger charge is -2.33. The molecular formula is C15H14N4O2. The molecule has 1 atom stereocenters. The van der Waals surface area contributed by atoms with Gasteiger partial charge >= 0.3 is 0 Å². The Labute approximate surface area is 121 Å². The van der Waals surface area contributed by atoms with Crippen LogP contribution in [0.5, 0.6) is 0 Å². The van der Waals surface area contributed by atoms with Gasteiger partial charge in [-0.2, -0.15) is 5.26 Å². The van der Waals surface area contributed by atoms with Gasteiger partial charge in [0.25, 0.3) is 5.56 Å². The van der Waals surface area contributed by atoms with Gasteiger partial charge in [-0.3, -0.25) is 9.20 Å². The van der Waals surface area contributed by atoms with Crippen LogP contribution in [0.15, 0.2) is 47.4 Å². The van der Waals surface area contributed by atoms with Crippen LogP contribution in [0.3, 0.4) is 0 Å². The summed E-state index contributed by atoms with van der Waals surface area (Å²) in [5.74, 6) is 0.602. The molecule has 1 fully saturated rings. The van der Waals surface area contributed by atoms with Crippen LogP contribution in [-0.4, -0.2) is 35.2 Å². The first-order valence-corrected chi connectivity index (χ1v) is 6.63. The summed E-state index contributed by atoms with van der Waals surface area (Å²) in [5.41, 5.74) is 0.858. The van der Waals surface area contributed by atoms with Gasteiger partial charge in [-0.15, -0.1) is 0 Å². The third-order valence-corrected chi connectivity index (χ3v) is 3.48. The Morgan fingerprint density at radius 3 is 3.19 bits per heavy atom. The highest BCUT2D eigenvalue weighted by molar-refractivity contribution is 5.48. The van der Waals surface area contributed by atoms with Gasteiger partial charge in [0.2, 0.25) is 0 Å². The lowest BCUT2D eigenvalue weighted by molar-refractivity contribution is 0.0669. The van der Waals surface area contributed by atoms with Crippen molar-refractivity contribution in [3.63, 3.8) is 0 Å². The van der Waals surface area contributed by atoms with Crippen molar-refractivity contribution in [2.45, 2.75) is 6.10 Å². The van der Waals surface area contributed by atoms with Gasteiger partial charge in [-0.1, -0.05) is 12.6 Å². The molecule has 106 valence electrons. The zero-order chi connectivity index (χ0) is 14.8. The van der Waals surface area contributed by atoms with E-state index in [9.17, 15) is 4.79 Å². The van der Waals surface area contributed by atoms with E-state index in [4.69, 9.17) is 10.00 Å². The van der Waals surface area contributed by atoms with Gasteiger partial charge in [0.15, 0.2) is 0 Å². The molecule has 1 aliphatic rings. The molecule has 0 N–H and O–H groups in total. The number of morpholine rings is 1. The summed E-state index contributed by atoms with van der Waals surface area (Å²) in [6.45, 7) is 5.27. The molecule has 0 amide bonds. The standard InChI is InChI=1S/C15H14N4O2/c1-11(9-16)12-10-18(6-7-21-12)14-8-15(20)19-5-3-2-4-13(19)17-14/h2-5,8,12H,1,6-7,10H2. The maximum atomic E-state index is 12.1. The van der Waals surface area contributed by atoms with Crippen LogP contribution in [0, 0.1) is 11.3 Å². The number of hydrogen-bond acceptors (Lipinski definition) is 5. The van der Waals surface area contributed by atoms with E-state index in [0.717, 1.165) is 0 Å². The maximum absolute atomic E-state index is 12.1. The zero-order valence-electron chi connectivity index (χ0n) is 11.4. The van der Waals surface area contributed by atoms with E-state index in [0.29, 0.717) is 36.7 Å². The summed E-state index contributed by atoms with van der Waals surface area (Å²) in [5, 5.41) is 8.91. The van der Waals surface area contributed by atoms with Gasteiger partial charge in [0.05, 0.1) is 24.8 Å². The van der Waals surface area contributed by atoms with Crippen LogP contribution in [0.4, 0.5) is 5.82 Å². The summed E-state index contributed by atoms with van der Waals surface area (Å²) >= 11 is 0. The molecule has 3 rings (SSSR count). The average Bonchev–Trinajstić information content (AvgIpc) is 2.54. The second-order valence-corrected chi connectivity index (χ2v) is 4.82. The molecule has 6 nitrogen and oxygen atoms in total. The molecule has 0 saturated carbocycles. The molecule has 1 saturated heterocycles. The Morgan fingerprint density at radius 2 is 2.38 bits per heavy atom. The fraction of sp³-hybridized carbons (Fsp3) is 0.267. The second-order valence-electron chi connectivity index (χ2n) is 4.82. The summed E-state index contributed by atoms with van der Waals surface area (Å²) in [6.07, 6.45) is 1.34. The van der Waals surface area contributed by atoms with E-state index < -0.39 is 0 Å². The van der Waals surface area contributed by atoms with Gasteiger partial charge < -0.3 is 9.64 Å². The number of hydrogen-bond donors (Lipinski definition) is 0. The molecule has 2 aromatic heterocycles. The maximum Gasteiger partial charge on any atom is 0.259 e. The van der Waals surface area contributed by atoms with Crippen molar-refractivity contribution in [2.24, 2.45) is 0 Å². The molecule has 6 heteroatoms. The van der Waals surface area contributed by atoms with Crippen LogP contribution in [0.1, 0.15) is 0 Å². The van der Waals surface area contributed by atoms with Crippen molar-refractivity contribution < 1.29 is 4.74 Å². The van der Waals surface area contributed by atoms with Crippen molar-refractivity contribution >= 4 is 11.5 Å². The lowest BCUT2D eigenvalue weighted by Crippen LogP contribution is -2.44. The lowest BCUT2D eigenvalue weighted by atomic mass is 10.1. The minimum absolute atomic E-state index is 0.127. The molecule has 1 aliphatic heterocycles. The predicted molar refractivity (Wildman–Crippen MR) is 78.2 cm³/mol. The molecular weight excluding hydrogens is 268 g/mol. The molecule has 2 aromatic rings. The van der Waals surface area contributed by atoms with Crippen LogP contribution >= 0.6 is 0 Å². The molecule has 0 aromatic carbocycles. The molecule has 0 spiro atoms. The Morgan fingerprint density at radius 1 is 1.52 bits per heavy atom. The van der Waals surface area contributed by atoms with Crippen LogP contribution in [0.2, 0.25) is 0 Å². The monoisotopic (exact) mass is 282 g/mol. The summed E-state index contributed by atoms with van der Waals surface area (Å²) < 4.78 is 7.02. The van der Waals surface area contributed by atoms with Crippen molar-refractivity contribution in [3.8, 4) is 6.07 Å². The van der Waals surface area contributed by atoms with E-state index in [1.807, 2.05) is 17.0 Å². The van der Waals surface area contributed by atoms with E-state index in [1.54, 1.807) is 18.3 Å². The van der Waals surface area contributed by atoms with Crippen LogP contribution < -0.4 is 10.5 Å². The Kier molecular flexibility index (Phi) is 3.42. The van der Waals surface area contributed by atoms with E-state index in [1.165, 1.54) is 10.5 Å². The van der Waals surface area contributed by atoms with Gasteiger partial charge in [-0.05, 0) is 12.1 Å². The third-order valence-electron chi connectivity index (χ3n) is 3.48. The van der Waals surface area contributed by atoms with Crippen molar-refractivity contribution in [2.75, 3.05) is 24.6 Å². The number of nitrogens with zero attached hydrogens (tertiary/aromatic N) is 4. The molecule has 0 aliphatic carbocycles. The predicted octanol–water partition coefficient (Wildman–Crippen LogP) is 0.979. The molecule has 1 unspecified atom stereocenters. The van der Waals surface area contributed by atoms with Crippen molar-refractivity contribution in [3.05, 3.63) is 53.0 Å². The fourth-order valence-corrected chi connectivity index (χ4v) is 2.34. The number of ether oxygens (including phenoxy) is 1. The first-order chi connectivity index (χ1) is 10.2. The molecule has 21 heavy (non-hydrogen) atoms. The van der Waals surface area contributed by atoms with Crippen molar-refractivity contribution in [1.82, 2.24) is 9.38 Å². The molecule has 0 radical (unpaired) electrons. The highest BCUT2D eigenvalue weighted by Crippen LogP contribution is 2.17. The summed E-state index contributed by atoms with van der Waals surface area (Å²) in [4.78, 5) is 18.6. The highest BCUT2D eigenvalue weighted by Gasteiger charge is 2.24. The first kappa shape index (κ1) is 13.3. The normalized spacial score (nSPS) is 18.4. The third kappa shape index (κ3) is 2.51. The smallest absolute Gasteiger partial charge is 0.259 e. The van der Waals surface area contributed by atoms with Gasteiger partial charge in [0, 0.05) is 18.8 Å². The number of nitriles is 1. The topological polar surface area (TPSA) is 70.6 Å². The van der Waals surface area contributed by atoms with Crippen LogP contribution in [0.25, 0.3) is 5.65 Å². The number of rotatable bonds is 2. The molecule has 0 bridgehead atoms. The highest BCUT2D eigenvalue weighted by atomic mass is 16.5. The Hall–Kier alpha value is -2.65. The number of aromatic nitrogens is 2. The zero-order valence-corrected chi connectivity index (χ0v) is 11.4. The number of anilines is 1. The van der Waals surface area contributed by atoms with E-state index in [2.05, 4.69) is 11.6 Å². The quantitative estimate of drug-likeness (QED) is 0.768.